The standard InChI is InChI=1S/C26H25N3O3S/c1-3-29(15-18-8-10-20(11-9-18)24(30)27-17(2)25(31)32)26-28-23(16-33-26)22-13-12-19-6-4-5-7-21(19)14-22/h4-14,16-17H,3,15H2,1-2H3,(H,27,30)(H,31,32). The summed E-state index contributed by atoms with van der Waals surface area (Å²) in [5.41, 5.74) is 3.53. The number of benzene rings is 3. The molecule has 168 valence electrons. The number of thiazole rings is 1. The first-order valence-electron chi connectivity index (χ1n) is 10.8. The van der Waals surface area contributed by atoms with Crippen molar-refractivity contribution in [3.05, 3.63) is 83.2 Å². The number of nitrogens with zero attached hydrogens (tertiary/aromatic N) is 2. The lowest BCUT2D eigenvalue weighted by Gasteiger charge is -2.20. The number of aliphatic carboxylic acids is 1. The Morgan fingerprint density at radius 3 is 2.48 bits per heavy atom. The predicted molar refractivity (Wildman–Crippen MR) is 133 cm³/mol. The Bertz CT molecular complexity index is 1280. The third-order valence-corrected chi connectivity index (χ3v) is 6.40. The minimum Gasteiger partial charge on any atom is -0.480 e. The van der Waals surface area contributed by atoms with Gasteiger partial charge in [-0.05, 0) is 48.4 Å². The zero-order valence-corrected chi connectivity index (χ0v) is 19.3. The predicted octanol–water partition coefficient (Wildman–Crippen LogP) is 5.19. The zero-order chi connectivity index (χ0) is 23.4. The number of hydrogen-bond donors (Lipinski definition) is 2. The van der Waals surface area contributed by atoms with E-state index in [1.807, 2.05) is 24.3 Å². The first-order valence-corrected chi connectivity index (χ1v) is 11.6. The first kappa shape index (κ1) is 22.5. The van der Waals surface area contributed by atoms with Gasteiger partial charge in [0.2, 0.25) is 0 Å². The zero-order valence-electron chi connectivity index (χ0n) is 18.5. The van der Waals surface area contributed by atoms with Crippen molar-refractivity contribution in [2.24, 2.45) is 0 Å². The highest BCUT2D eigenvalue weighted by molar-refractivity contribution is 7.14. The van der Waals surface area contributed by atoms with Crippen LogP contribution in [0.3, 0.4) is 0 Å². The maximum Gasteiger partial charge on any atom is 0.325 e. The van der Waals surface area contributed by atoms with E-state index in [4.69, 9.17) is 10.1 Å². The summed E-state index contributed by atoms with van der Waals surface area (Å²) in [4.78, 5) is 30.2. The molecule has 4 aromatic rings. The molecule has 0 bridgehead atoms. The van der Waals surface area contributed by atoms with E-state index in [0.29, 0.717) is 12.1 Å². The van der Waals surface area contributed by atoms with E-state index < -0.39 is 17.9 Å². The average molecular weight is 460 g/mol. The number of amides is 1. The van der Waals surface area contributed by atoms with Crippen LogP contribution in [0.4, 0.5) is 5.13 Å². The van der Waals surface area contributed by atoms with Gasteiger partial charge >= 0.3 is 5.97 Å². The lowest BCUT2D eigenvalue weighted by Crippen LogP contribution is -2.38. The van der Waals surface area contributed by atoms with Gasteiger partial charge in [0.05, 0.1) is 5.69 Å². The quantitative estimate of drug-likeness (QED) is 0.379. The first-order chi connectivity index (χ1) is 15.9. The van der Waals surface area contributed by atoms with Crippen molar-refractivity contribution in [1.82, 2.24) is 10.3 Å². The van der Waals surface area contributed by atoms with Crippen LogP contribution in [0.1, 0.15) is 29.8 Å². The minimum atomic E-state index is -1.06. The van der Waals surface area contributed by atoms with E-state index in [-0.39, 0.29) is 0 Å². The smallest absolute Gasteiger partial charge is 0.325 e. The fourth-order valence-electron chi connectivity index (χ4n) is 3.53. The number of hydrogen-bond acceptors (Lipinski definition) is 5. The van der Waals surface area contributed by atoms with Crippen LogP contribution >= 0.6 is 11.3 Å². The SMILES string of the molecule is CCN(Cc1ccc(C(=O)NC(C)C(=O)O)cc1)c1nc(-c2ccc3ccccc3c2)cs1. The van der Waals surface area contributed by atoms with Crippen LogP contribution in [-0.4, -0.2) is 34.6 Å². The number of rotatable bonds is 8. The van der Waals surface area contributed by atoms with Crippen LogP contribution in [0.15, 0.2) is 72.1 Å². The normalized spacial score (nSPS) is 11.8. The molecule has 6 nitrogen and oxygen atoms in total. The lowest BCUT2D eigenvalue weighted by molar-refractivity contribution is -0.138. The van der Waals surface area contributed by atoms with Crippen molar-refractivity contribution in [2.45, 2.75) is 26.4 Å². The molecule has 33 heavy (non-hydrogen) atoms. The molecule has 0 saturated carbocycles. The number of carboxylic acid groups (broad SMARTS) is 1. The maximum atomic E-state index is 12.2. The van der Waals surface area contributed by atoms with Gasteiger partial charge in [-0.25, -0.2) is 4.98 Å². The fourth-order valence-corrected chi connectivity index (χ4v) is 4.43. The largest absolute Gasteiger partial charge is 0.480 e. The Morgan fingerprint density at radius 1 is 1.06 bits per heavy atom. The molecular formula is C26H25N3O3S. The topological polar surface area (TPSA) is 82.5 Å². The van der Waals surface area contributed by atoms with Gasteiger partial charge in [-0.2, -0.15) is 0 Å². The van der Waals surface area contributed by atoms with Crippen molar-refractivity contribution in [3.63, 3.8) is 0 Å². The number of nitrogens with one attached hydrogen (secondary N) is 1. The van der Waals surface area contributed by atoms with Gasteiger partial charge in [0.1, 0.15) is 6.04 Å². The highest BCUT2D eigenvalue weighted by atomic mass is 32.1. The van der Waals surface area contributed by atoms with Gasteiger partial charge in [-0.3, -0.25) is 9.59 Å². The summed E-state index contributed by atoms with van der Waals surface area (Å²) in [5, 5.41) is 16.8. The third-order valence-electron chi connectivity index (χ3n) is 5.50. The molecule has 1 atom stereocenters. The van der Waals surface area contributed by atoms with Gasteiger partial charge in [0, 0.05) is 29.6 Å². The highest BCUT2D eigenvalue weighted by Crippen LogP contribution is 2.30. The molecular weight excluding hydrogens is 434 g/mol. The molecule has 0 aliphatic heterocycles. The molecule has 0 radical (unpaired) electrons. The van der Waals surface area contributed by atoms with Gasteiger partial charge in [0.15, 0.2) is 5.13 Å². The number of carbonyl (C=O) groups excluding carboxylic acids is 1. The summed E-state index contributed by atoms with van der Waals surface area (Å²) in [6.45, 7) is 4.98. The molecule has 0 saturated heterocycles. The van der Waals surface area contributed by atoms with E-state index in [1.54, 1.807) is 23.5 Å². The monoisotopic (exact) mass is 459 g/mol. The molecule has 0 aliphatic rings. The number of aromatic nitrogens is 1. The Balaban J connectivity index is 1.46. The van der Waals surface area contributed by atoms with E-state index in [2.05, 4.69) is 52.9 Å². The summed E-state index contributed by atoms with van der Waals surface area (Å²) in [6, 6.07) is 21.0. The summed E-state index contributed by atoms with van der Waals surface area (Å²) < 4.78 is 0. The van der Waals surface area contributed by atoms with Crippen molar-refractivity contribution in [3.8, 4) is 11.3 Å². The number of fused-ring (bicyclic) bond motifs is 1. The van der Waals surface area contributed by atoms with Crippen LogP contribution in [0.25, 0.3) is 22.0 Å². The molecule has 0 fully saturated rings. The van der Waals surface area contributed by atoms with Crippen molar-refractivity contribution in [1.29, 1.82) is 0 Å². The van der Waals surface area contributed by atoms with Crippen LogP contribution in [-0.2, 0) is 11.3 Å². The summed E-state index contributed by atoms with van der Waals surface area (Å²) in [7, 11) is 0. The molecule has 3 aromatic carbocycles. The Kier molecular flexibility index (Phi) is 6.70. The van der Waals surface area contributed by atoms with Crippen molar-refractivity contribution >= 4 is 39.1 Å². The summed E-state index contributed by atoms with van der Waals surface area (Å²) in [6.07, 6.45) is 0. The third kappa shape index (κ3) is 5.21. The van der Waals surface area contributed by atoms with Crippen LogP contribution in [0.5, 0.6) is 0 Å². The van der Waals surface area contributed by atoms with Gasteiger partial charge in [-0.1, -0.05) is 48.5 Å². The Morgan fingerprint density at radius 2 is 1.79 bits per heavy atom. The second-order valence-corrected chi connectivity index (χ2v) is 8.66. The minimum absolute atomic E-state index is 0.399. The van der Waals surface area contributed by atoms with E-state index in [0.717, 1.165) is 28.5 Å². The van der Waals surface area contributed by atoms with Crippen molar-refractivity contribution < 1.29 is 14.7 Å². The Hall–Kier alpha value is -3.71. The molecule has 7 heteroatoms. The Labute approximate surface area is 196 Å². The van der Waals surface area contributed by atoms with E-state index in [9.17, 15) is 9.59 Å². The van der Waals surface area contributed by atoms with Crippen LogP contribution in [0.2, 0.25) is 0 Å². The molecule has 0 spiro atoms. The highest BCUT2D eigenvalue weighted by Gasteiger charge is 2.16. The molecule has 4 rings (SSSR count). The van der Waals surface area contributed by atoms with Gasteiger partial charge in [-0.15, -0.1) is 11.3 Å². The molecule has 1 amide bonds. The van der Waals surface area contributed by atoms with E-state index >= 15 is 0 Å². The second kappa shape index (κ2) is 9.83. The molecule has 1 heterocycles. The average Bonchev–Trinajstić information content (AvgIpc) is 3.32. The van der Waals surface area contributed by atoms with Gasteiger partial charge < -0.3 is 15.3 Å². The molecule has 1 unspecified atom stereocenters. The van der Waals surface area contributed by atoms with Gasteiger partial charge in [0.25, 0.3) is 5.91 Å². The molecule has 1 aromatic heterocycles. The van der Waals surface area contributed by atoms with Crippen molar-refractivity contribution in [2.75, 3.05) is 11.4 Å². The molecule has 0 aliphatic carbocycles. The lowest BCUT2D eigenvalue weighted by atomic mass is 10.1. The fraction of sp³-hybridized carbons (Fsp3) is 0.192. The summed E-state index contributed by atoms with van der Waals surface area (Å²) >= 11 is 1.61. The maximum absolute atomic E-state index is 12.2. The van der Waals surface area contributed by atoms with E-state index in [1.165, 1.54) is 17.7 Å². The molecule has 2 N–H and O–H groups in total. The number of carbonyl (C=O) groups is 2. The second-order valence-electron chi connectivity index (χ2n) is 7.82. The number of anilines is 1. The summed E-state index contributed by atoms with van der Waals surface area (Å²) in [5.74, 6) is -1.46. The van der Waals surface area contributed by atoms with Crippen LogP contribution in [0, 0.1) is 0 Å². The number of carboxylic acids is 1. The van der Waals surface area contributed by atoms with Crippen LogP contribution < -0.4 is 10.2 Å².